The molecule has 0 aliphatic heterocycles. The zero-order chi connectivity index (χ0) is 18.0. The Morgan fingerprint density at radius 3 is 2.72 bits per heavy atom. The van der Waals surface area contributed by atoms with Crippen molar-refractivity contribution in [2.24, 2.45) is 0 Å². The molecule has 0 saturated carbocycles. The monoisotopic (exact) mass is 381 g/mol. The molecule has 0 unspecified atom stereocenters. The number of hydrogen-bond donors (Lipinski definition) is 2. The van der Waals surface area contributed by atoms with Gasteiger partial charge in [-0.05, 0) is 24.3 Å². The molecular formula is C16H13ClFN3O3S. The predicted octanol–water partition coefficient (Wildman–Crippen LogP) is 2.34. The first-order chi connectivity index (χ1) is 11.8. The highest BCUT2D eigenvalue weighted by Crippen LogP contribution is 2.16. The van der Waals surface area contributed by atoms with Crippen LogP contribution in [0.4, 0.5) is 4.39 Å². The Kier molecular flexibility index (Phi) is 4.85. The Balaban J connectivity index is 1.77. The van der Waals surface area contributed by atoms with Gasteiger partial charge in [0.05, 0.1) is 23.2 Å². The van der Waals surface area contributed by atoms with Gasteiger partial charge in [-0.2, -0.15) is 0 Å². The first-order valence-electron chi connectivity index (χ1n) is 7.23. The van der Waals surface area contributed by atoms with Crippen molar-refractivity contribution in [3.63, 3.8) is 0 Å². The van der Waals surface area contributed by atoms with Crippen LogP contribution < -0.4 is 10.3 Å². The molecule has 0 aliphatic carbocycles. The summed E-state index contributed by atoms with van der Waals surface area (Å²) in [6, 6.07) is 10.5. The van der Waals surface area contributed by atoms with E-state index in [1.165, 1.54) is 12.1 Å². The van der Waals surface area contributed by atoms with E-state index in [1.54, 1.807) is 24.3 Å². The lowest BCUT2D eigenvalue weighted by atomic mass is 10.2. The van der Waals surface area contributed by atoms with Crippen LogP contribution in [0.3, 0.4) is 0 Å². The maximum absolute atomic E-state index is 13.7. The molecular weight excluding hydrogens is 369 g/mol. The molecule has 0 bridgehead atoms. The van der Waals surface area contributed by atoms with Crippen LogP contribution in [-0.4, -0.2) is 18.4 Å². The van der Waals surface area contributed by atoms with Gasteiger partial charge in [0.2, 0.25) is 10.0 Å². The Morgan fingerprint density at radius 2 is 1.96 bits per heavy atom. The molecule has 9 heteroatoms. The quantitative estimate of drug-likeness (QED) is 0.709. The van der Waals surface area contributed by atoms with E-state index in [1.807, 2.05) is 0 Å². The first kappa shape index (κ1) is 17.5. The fraction of sp³-hybridized carbons (Fsp3) is 0.125. The molecule has 6 nitrogen and oxygen atoms in total. The summed E-state index contributed by atoms with van der Waals surface area (Å²) in [6.07, 6.45) is 0. The molecule has 0 atom stereocenters. The molecule has 0 radical (unpaired) electrons. The SMILES string of the molecule is O=c1[nH]c(CNS(=O)(=O)Cc2ccc(Cl)cc2F)nc2ccccc12. The fourth-order valence-corrected chi connectivity index (χ4v) is 3.55. The average molecular weight is 382 g/mol. The van der Waals surface area contributed by atoms with Crippen LogP contribution in [0.15, 0.2) is 47.3 Å². The Labute approximate surface area is 147 Å². The summed E-state index contributed by atoms with van der Waals surface area (Å²) in [7, 11) is -3.83. The van der Waals surface area contributed by atoms with Crippen LogP contribution in [0, 0.1) is 5.82 Å². The number of fused-ring (bicyclic) bond motifs is 1. The standard InChI is InChI=1S/C16H13ClFN3O3S/c17-11-6-5-10(13(18)7-11)9-25(23,24)19-8-15-20-14-4-2-1-3-12(14)16(22)21-15/h1-7,19H,8-9H2,(H,20,21,22). The van der Waals surface area contributed by atoms with Gasteiger partial charge in [-0.1, -0.05) is 29.8 Å². The molecule has 3 rings (SSSR count). The maximum atomic E-state index is 13.7. The third-order valence-corrected chi connectivity index (χ3v) is 4.99. The van der Waals surface area contributed by atoms with Crippen molar-refractivity contribution < 1.29 is 12.8 Å². The number of H-pyrrole nitrogens is 1. The number of hydrogen-bond acceptors (Lipinski definition) is 4. The lowest BCUT2D eigenvalue weighted by molar-refractivity contribution is 0.572. The van der Waals surface area contributed by atoms with E-state index in [4.69, 9.17) is 11.6 Å². The Bertz CT molecular complexity index is 1100. The number of aromatic nitrogens is 2. The van der Waals surface area contributed by atoms with Crippen molar-refractivity contribution in [1.29, 1.82) is 0 Å². The van der Waals surface area contributed by atoms with Crippen molar-refractivity contribution in [2.75, 3.05) is 0 Å². The maximum Gasteiger partial charge on any atom is 0.258 e. The minimum atomic E-state index is -3.83. The molecule has 130 valence electrons. The minimum absolute atomic E-state index is 0.00290. The molecule has 0 saturated heterocycles. The highest BCUT2D eigenvalue weighted by molar-refractivity contribution is 7.88. The smallest absolute Gasteiger partial charge is 0.258 e. The summed E-state index contributed by atoms with van der Waals surface area (Å²) >= 11 is 5.64. The summed E-state index contributed by atoms with van der Waals surface area (Å²) in [6.45, 7) is -0.211. The van der Waals surface area contributed by atoms with Gasteiger partial charge < -0.3 is 4.98 Å². The second kappa shape index (κ2) is 6.91. The van der Waals surface area contributed by atoms with Crippen LogP contribution in [0.1, 0.15) is 11.4 Å². The van der Waals surface area contributed by atoms with Gasteiger partial charge in [0.15, 0.2) is 0 Å². The number of nitrogens with one attached hydrogen (secondary N) is 2. The molecule has 0 aliphatic rings. The minimum Gasteiger partial charge on any atom is -0.309 e. The summed E-state index contributed by atoms with van der Waals surface area (Å²) in [5, 5.41) is 0.599. The number of rotatable bonds is 5. The molecule has 0 fully saturated rings. The van der Waals surface area contributed by atoms with E-state index in [9.17, 15) is 17.6 Å². The van der Waals surface area contributed by atoms with E-state index in [0.717, 1.165) is 6.07 Å². The average Bonchev–Trinajstić information content (AvgIpc) is 2.56. The van der Waals surface area contributed by atoms with Gasteiger partial charge >= 0.3 is 0 Å². The molecule has 25 heavy (non-hydrogen) atoms. The number of halogens is 2. The van der Waals surface area contributed by atoms with Crippen LogP contribution in [0.2, 0.25) is 5.02 Å². The van der Waals surface area contributed by atoms with Crippen LogP contribution in [-0.2, 0) is 22.3 Å². The van der Waals surface area contributed by atoms with Gasteiger partial charge in [-0.15, -0.1) is 0 Å². The highest BCUT2D eigenvalue weighted by Gasteiger charge is 2.15. The molecule has 2 N–H and O–H groups in total. The summed E-state index contributed by atoms with van der Waals surface area (Å²) in [5.74, 6) is -1.08. The Hall–Kier alpha value is -2.29. The van der Waals surface area contributed by atoms with Gasteiger partial charge in [-0.25, -0.2) is 22.5 Å². The molecule has 0 amide bonds. The van der Waals surface area contributed by atoms with Crippen molar-refractivity contribution in [3.8, 4) is 0 Å². The first-order valence-corrected chi connectivity index (χ1v) is 9.26. The zero-order valence-corrected chi connectivity index (χ0v) is 14.4. The third kappa shape index (κ3) is 4.22. The largest absolute Gasteiger partial charge is 0.309 e. The lowest BCUT2D eigenvalue weighted by Gasteiger charge is -2.08. The third-order valence-electron chi connectivity index (χ3n) is 3.48. The number of benzene rings is 2. The summed E-state index contributed by atoms with van der Waals surface area (Å²) in [5.41, 5.74) is 0.101. The molecule has 1 aromatic heterocycles. The number of nitrogens with zero attached hydrogens (tertiary/aromatic N) is 1. The summed E-state index contributed by atoms with van der Waals surface area (Å²) < 4.78 is 40.3. The normalized spacial score (nSPS) is 11.8. The van der Waals surface area contributed by atoms with Gasteiger partial charge in [0.25, 0.3) is 5.56 Å². The van der Waals surface area contributed by atoms with Gasteiger partial charge in [0.1, 0.15) is 11.6 Å². The lowest BCUT2D eigenvalue weighted by Crippen LogP contribution is -2.27. The van der Waals surface area contributed by atoms with Crippen LogP contribution >= 0.6 is 11.6 Å². The number of para-hydroxylation sites is 1. The van der Waals surface area contributed by atoms with E-state index >= 15 is 0 Å². The van der Waals surface area contributed by atoms with Crippen molar-refractivity contribution in [1.82, 2.24) is 14.7 Å². The van der Waals surface area contributed by atoms with Crippen LogP contribution in [0.25, 0.3) is 10.9 Å². The fourth-order valence-electron chi connectivity index (χ4n) is 2.29. The topological polar surface area (TPSA) is 91.9 Å². The number of sulfonamides is 1. The molecule has 0 spiro atoms. The van der Waals surface area contributed by atoms with Crippen LogP contribution in [0.5, 0.6) is 0 Å². The van der Waals surface area contributed by atoms with E-state index in [0.29, 0.717) is 10.9 Å². The van der Waals surface area contributed by atoms with E-state index < -0.39 is 21.6 Å². The van der Waals surface area contributed by atoms with Crippen molar-refractivity contribution >= 4 is 32.5 Å². The molecule has 2 aromatic carbocycles. The molecule has 3 aromatic rings. The highest BCUT2D eigenvalue weighted by atomic mass is 35.5. The van der Waals surface area contributed by atoms with Crippen molar-refractivity contribution in [2.45, 2.75) is 12.3 Å². The Morgan fingerprint density at radius 1 is 1.20 bits per heavy atom. The van der Waals surface area contributed by atoms with Gasteiger partial charge in [0, 0.05) is 10.6 Å². The van der Waals surface area contributed by atoms with Gasteiger partial charge in [-0.3, -0.25) is 4.79 Å². The molecule has 1 heterocycles. The zero-order valence-electron chi connectivity index (χ0n) is 12.8. The second-order valence-corrected chi connectivity index (χ2v) is 7.59. The van der Waals surface area contributed by atoms with E-state index in [-0.39, 0.29) is 28.5 Å². The predicted molar refractivity (Wildman–Crippen MR) is 93.2 cm³/mol. The second-order valence-electron chi connectivity index (χ2n) is 5.35. The van der Waals surface area contributed by atoms with E-state index in [2.05, 4.69) is 14.7 Å². The van der Waals surface area contributed by atoms with Crippen molar-refractivity contribution in [3.05, 3.63) is 75.0 Å². The number of aromatic amines is 1. The summed E-state index contributed by atoms with van der Waals surface area (Å²) in [4.78, 5) is 18.7.